The minimum Gasteiger partial charge on any atom is -0.462 e. The van der Waals surface area contributed by atoms with Gasteiger partial charge in [0.15, 0.2) is 6.10 Å². The zero-order chi connectivity index (χ0) is 60.1. The largest absolute Gasteiger partial charge is 0.472 e. The molecular formula is C73H136NO8P. The van der Waals surface area contributed by atoms with Gasteiger partial charge in [-0.25, -0.2) is 4.57 Å². The maximum absolute atomic E-state index is 12.8. The number of allylic oxidation sites excluding steroid dienone is 10. The number of unbranched alkanes of at least 4 members (excludes halogenated alkanes) is 45. The Bertz CT molecular complexity index is 1540. The molecule has 0 saturated carbocycles. The molecule has 3 N–H and O–H groups in total. The van der Waals surface area contributed by atoms with Crippen molar-refractivity contribution >= 4 is 19.8 Å². The molecule has 0 rings (SSSR count). The number of phosphoric ester groups is 1. The van der Waals surface area contributed by atoms with E-state index < -0.39 is 26.5 Å². The van der Waals surface area contributed by atoms with E-state index in [9.17, 15) is 19.0 Å². The maximum atomic E-state index is 12.8. The van der Waals surface area contributed by atoms with Crippen LogP contribution in [0.4, 0.5) is 0 Å². The second-order valence-electron chi connectivity index (χ2n) is 24.1. The van der Waals surface area contributed by atoms with Crippen LogP contribution in [0.15, 0.2) is 60.8 Å². The summed E-state index contributed by atoms with van der Waals surface area (Å²) in [6.45, 7) is 3.70. The van der Waals surface area contributed by atoms with Gasteiger partial charge in [0.25, 0.3) is 0 Å². The molecule has 0 saturated heterocycles. The quantitative estimate of drug-likeness (QED) is 0.0264. The highest BCUT2D eigenvalue weighted by Crippen LogP contribution is 2.43. The highest BCUT2D eigenvalue weighted by atomic mass is 31.2. The molecule has 0 fully saturated rings. The Kier molecular flexibility index (Phi) is 66.9. The number of phosphoric acid groups is 1. The molecule has 0 aromatic carbocycles. The molecule has 0 amide bonds. The standard InChI is InChI=1S/C73H136NO8P/c1-3-5-7-9-11-13-15-17-19-21-23-25-27-29-31-33-34-35-36-38-40-42-44-46-48-50-52-54-56-58-60-62-64-66-73(76)82-71(70-81-83(77,78)80-68-67-74)69-79-72(75)65-63-61-59-57-55-53-51-49-47-45-43-41-39-37-32-30-28-26-24-22-20-18-16-14-12-10-8-6-4-2/h5,7,11,13,17,19,22-25,71H,3-4,6,8-10,12,14-16,18,20-21,26-70,74H2,1-2H3,(H,77,78)/b7-5-,13-11-,19-17-,24-22-,25-23-. The van der Waals surface area contributed by atoms with Crippen LogP contribution in [0.25, 0.3) is 0 Å². The Hall–Kier alpha value is -2.29. The first kappa shape index (κ1) is 80.7. The van der Waals surface area contributed by atoms with Crippen molar-refractivity contribution in [1.29, 1.82) is 0 Å². The fourth-order valence-corrected chi connectivity index (χ4v) is 11.4. The van der Waals surface area contributed by atoms with Crippen LogP contribution in [0.1, 0.15) is 361 Å². The predicted octanol–water partition coefficient (Wildman–Crippen LogP) is 23.4. The molecule has 0 aliphatic rings. The van der Waals surface area contributed by atoms with Crippen molar-refractivity contribution < 1.29 is 37.6 Å². The predicted molar refractivity (Wildman–Crippen MR) is 358 cm³/mol. The molecule has 2 unspecified atom stereocenters. The summed E-state index contributed by atoms with van der Waals surface area (Å²) in [7, 11) is -4.39. The summed E-state index contributed by atoms with van der Waals surface area (Å²) < 4.78 is 33.2. The van der Waals surface area contributed by atoms with Gasteiger partial charge in [-0.15, -0.1) is 0 Å². The fraction of sp³-hybridized carbons (Fsp3) is 0.836. The normalized spacial score (nSPS) is 13.3. The van der Waals surface area contributed by atoms with Crippen LogP contribution in [-0.4, -0.2) is 49.3 Å². The molecule has 0 aromatic heterocycles. The van der Waals surface area contributed by atoms with E-state index in [1.165, 1.54) is 270 Å². The zero-order valence-electron chi connectivity index (χ0n) is 54.7. The minimum absolute atomic E-state index is 0.0548. The van der Waals surface area contributed by atoms with Gasteiger partial charge in [0.05, 0.1) is 13.2 Å². The van der Waals surface area contributed by atoms with E-state index in [-0.39, 0.29) is 38.6 Å². The summed E-state index contributed by atoms with van der Waals surface area (Å²) >= 11 is 0. The van der Waals surface area contributed by atoms with Crippen molar-refractivity contribution in [3.63, 3.8) is 0 Å². The van der Waals surface area contributed by atoms with Crippen LogP contribution in [0.2, 0.25) is 0 Å². The van der Waals surface area contributed by atoms with Gasteiger partial charge < -0.3 is 20.1 Å². The zero-order valence-corrected chi connectivity index (χ0v) is 55.6. The third-order valence-corrected chi connectivity index (χ3v) is 16.9. The first-order valence-electron chi connectivity index (χ1n) is 35.8. The number of hydrogen-bond acceptors (Lipinski definition) is 8. The summed E-state index contributed by atoms with van der Waals surface area (Å²) in [6, 6.07) is 0. The van der Waals surface area contributed by atoms with Gasteiger partial charge in [0.2, 0.25) is 0 Å². The fourth-order valence-electron chi connectivity index (χ4n) is 10.6. The van der Waals surface area contributed by atoms with E-state index in [0.717, 1.165) is 57.8 Å². The van der Waals surface area contributed by atoms with Crippen molar-refractivity contribution in [3.05, 3.63) is 60.8 Å². The van der Waals surface area contributed by atoms with Gasteiger partial charge in [-0.2, -0.15) is 0 Å². The molecule has 0 aliphatic carbocycles. The number of nitrogens with two attached hydrogens (primary N) is 1. The minimum atomic E-state index is -4.39. The van der Waals surface area contributed by atoms with Crippen molar-refractivity contribution in [2.75, 3.05) is 26.4 Å². The third kappa shape index (κ3) is 68.7. The first-order valence-corrected chi connectivity index (χ1v) is 37.3. The van der Waals surface area contributed by atoms with Crippen LogP contribution in [0, 0.1) is 0 Å². The Morgan fingerprint density at radius 1 is 0.373 bits per heavy atom. The van der Waals surface area contributed by atoms with E-state index >= 15 is 0 Å². The third-order valence-electron chi connectivity index (χ3n) is 15.9. The summed E-state index contributed by atoms with van der Waals surface area (Å²) in [4.78, 5) is 35.4. The smallest absolute Gasteiger partial charge is 0.462 e. The number of carbonyl (C=O) groups is 2. The molecule has 0 aromatic rings. The molecule has 0 bridgehead atoms. The first-order chi connectivity index (χ1) is 40.8. The molecule has 0 heterocycles. The summed E-state index contributed by atoms with van der Waals surface area (Å²) in [5.41, 5.74) is 5.41. The molecule has 486 valence electrons. The lowest BCUT2D eigenvalue weighted by Crippen LogP contribution is -2.29. The van der Waals surface area contributed by atoms with Gasteiger partial charge in [-0.05, 0) is 77.0 Å². The van der Waals surface area contributed by atoms with Crippen LogP contribution < -0.4 is 5.73 Å². The average molecular weight is 1190 g/mol. The van der Waals surface area contributed by atoms with Crippen molar-refractivity contribution in [1.82, 2.24) is 0 Å². The number of rotatable bonds is 68. The molecule has 83 heavy (non-hydrogen) atoms. The van der Waals surface area contributed by atoms with E-state index in [4.69, 9.17) is 24.3 Å². The molecular weight excluding hydrogens is 1050 g/mol. The van der Waals surface area contributed by atoms with Gasteiger partial charge in [-0.3, -0.25) is 18.6 Å². The maximum Gasteiger partial charge on any atom is 0.472 e. The molecule has 0 spiro atoms. The van der Waals surface area contributed by atoms with Crippen molar-refractivity contribution in [2.24, 2.45) is 5.73 Å². The monoisotopic (exact) mass is 1190 g/mol. The van der Waals surface area contributed by atoms with Crippen molar-refractivity contribution in [3.8, 4) is 0 Å². The van der Waals surface area contributed by atoms with Crippen LogP contribution >= 0.6 is 7.82 Å². The molecule has 2 atom stereocenters. The van der Waals surface area contributed by atoms with Gasteiger partial charge in [0, 0.05) is 19.4 Å². The Labute approximate surface area is 514 Å². The second kappa shape index (κ2) is 68.8. The van der Waals surface area contributed by atoms with Gasteiger partial charge in [0.1, 0.15) is 6.61 Å². The van der Waals surface area contributed by atoms with Crippen molar-refractivity contribution in [2.45, 2.75) is 367 Å². The topological polar surface area (TPSA) is 134 Å². The Morgan fingerprint density at radius 2 is 0.663 bits per heavy atom. The number of esters is 2. The summed E-state index contributed by atoms with van der Waals surface area (Å²) in [5, 5.41) is 0. The van der Waals surface area contributed by atoms with E-state index in [1.807, 2.05) is 0 Å². The molecule has 10 heteroatoms. The molecule has 9 nitrogen and oxygen atoms in total. The molecule has 0 radical (unpaired) electrons. The summed E-state index contributed by atoms with van der Waals surface area (Å²) in [5.74, 6) is -0.807. The van der Waals surface area contributed by atoms with Crippen LogP contribution in [0.5, 0.6) is 0 Å². The van der Waals surface area contributed by atoms with E-state index in [0.29, 0.717) is 6.42 Å². The lowest BCUT2D eigenvalue weighted by Gasteiger charge is -2.19. The van der Waals surface area contributed by atoms with E-state index in [2.05, 4.69) is 74.6 Å². The SMILES string of the molecule is CC/C=C\C/C=C\C/C=C\C/C=C\CCCCCCCCCCCCCCCCCCCCCCC(=O)OC(COC(=O)CCCCCCCCCCCCCCCCCCC/C=C\CCCCCCCCCC)COP(=O)(O)OCCN. The summed E-state index contributed by atoms with van der Waals surface area (Å²) in [6.07, 6.45) is 89.0. The highest BCUT2D eigenvalue weighted by Gasteiger charge is 2.26. The Morgan fingerprint density at radius 3 is 1.00 bits per heavy atom. The van der Waals surface area contributed by atoms with Crippen LogP contribution in [-0.2, 0) is 32.7 Å². The van der Waals surface area contributed by atoms with E-state index in [1.54, 1.807) is 0 Å². The number of ether oxygens (including phenoxy) is 2. The highest BCUT2D eigenvalue weighted by molar-refractivity contribution is 7.47. The average Bonchev–Trinajstić information content (AvgIpc) is 3.49. The van der Waals surface area contributed by atoms with Crippen LogP contribution in [0.3, 0.4) is 0 Å². The second-order valence-corrected chi connectivity index (χ2v) is 25.5. The molecule has 0 aliphatic heterocycles. The number of carbonyl (C=O) groups excluding carboxylic acids is 2. The lowest BCUT2D eigenvalue weighted by atomic mass is 10.0. The lowest BCUT2D eigenvalue weighted by molar-refractivity contribution is -0.161. The number of hydrogen-bond donors (Lipinski definition) is 2. The van der Waals surface area contributed by atoms with Gasteiger partial charge in [-0.1, -0.05) is 331 Å². The van der Waals surface area contributed by atoms with Gasteiger partial charge >= 0.3 is 19.8 Å². The Balaban J connectivity index is 3.82.